The van der Waals surface area contributed by atoms with E-state index in [9.17, 15) is 0 Å². The van der Waals surface area contributed by atoms with Crippen molar-refractivity contribution in [2.45, 2.75) is 13.3 Å². The highest BCUT2D eigenvalue weighted by Crippen LogP contribution is 2.00. The summed E-state index contributed by atoms with van der Waals surface area (Å²) in [7, 11) is 0. The van der Waals surface area contributed by atoms with Crippen LogP contribution >= 0.6 is 15.9 Å². The van der Waals surface area contributed by atoms with Crippen LogP contribution in [-0.4, -0.2) is 5.33 Å². The van der Waals surface area contributed by atoms with Crippen LogP contribution in [0, 0.1) is 6.92 Å². The Morgan fingerprint density at radius 3 is 2.12 bits per heavy atom. The van der Waals surface area contributed by atoms with Crippen molar-refractivity contribution in [3.63, 3.8) is 0 Å². The number of aromatic nitrogens is 1. The van der Waals surface area contributed by atoms with E-state index in [1.54, 1.807) is 0 Å². The van der Waals surface area contributed by atoms with Gasteiger partial charge in [0.25, 0.3) is 0 Å². The Labute approximate surface area is 106 Å². The molecule has 0 spiro atoms. The normalized spacial score (nSPS) is 9.12. The zero-order chi connectivity index (χ0) is 11.6. The van der Waals surface area contributed by atoms with Crippen LogP contribution in [0.2, 0.25) is 0 Å². The van der Waals surface area contributed by atoms with Gasteiger partial charge < -0.3 is 0 Å². The molecule has 1 aromatic heterocycles. The molecule has 0 amide bonds. The van der Waals surface area contributed by atoms with Gasteiger partial charge in [0.2, 0.25) is 0 Å². The van der Waals surface area contributed by atoms with Gasteiger partial charge in [0, 0.05) is 24.4 Å². The fourth-order valence-electron chi connectivity index (χ4n) is 1.24. The third kappa shape index (κ3) is 5.66. The molecular weight excluding hydrogens is 262 g/mol. The molecule has 84 valence electrons. The molecule has 0 saturated heterocycles. The summed E-state index contributed by atoms with van der Waals surface area (Å²) in [5.41, 5.74) is 2.59. The Balaban J connectivity index is 0.000000165. The summed E-state index contributed by atoms with van der Waals surface area (Å²) in [6, 6.07) is 16.5. The molecule has 0 saturated carbocycles. The lowest BCUT2D eigenvalue weighted by molar-refractivity contribution is -0.387. The molecule has 0 fully saturated rings. The Hall–Kier alpha value is -1.15. The highest BCUT2D eigenvalue weighted by Gasteiger charge is 1.85. The molecule has 0 aliphatic heterocycles. The van der Waals surface area contributed by atoms with E-state index in [4.69, 9.17) is 0 Å². The van der Waals surface area contributed by atoms with E-state index in [0.29, 0.717) is 0 Å². The van der Waals surface area contributed by atoms with Crippen molar-refractivity contribution in [1.82, 2.24) is 0 Å². The minimum atomic E-state index is 1.05. The number of pyridine rings is 1. The Morgan fingerprint density at radius 1 is 1.00 bits per heavy atom. The number of H-pyrrole nitrogens is 1. The van der Waals surface area contributed by atoms with Crippen molar-refractivity contribution in [2.24, 2.45) is 0 Å². The zero-order valence-corrected chi connectivity index (χ0v) is 11.1. The first-order chi connectivity index (χ1) is 7.83. The van der Waals surface area contributed by atoms with Crippen molar-refractivity contribution in [1.29, 1.82) is 0 Å². The average molecular weight is 279 g/mol. The van der Waals surface area contributed by atoms with Gasteiger partial charge in [0.15, 0.2) is 11.9 Å². The van der Waals surface area contributed by atoms with Crippen LogP contribution in [0.5, 0.6) is 0 Å². The predicted octanol–water partition coefficient (Wildman–Crippen LogP) is 3.43. The summed E-state index contributed by atoms with van der Waals surface area (Å²) in [6.07, 6.45) is 3.04. The van der Waals surface area contributed by atoms with Gasteiger partial charge in [-0.3, -0.25) is 0 Å². The fourth-order valence-corrected chi connectivity index (χ4v) is 1.69. The molecule has 2 rings (SSSR count). The number of rotatable bonds is 2. The quantitative estimate of drug-likeness (QED) is 0.748. The molecule has 16 heavy (non-hydrogen) atoms. The smallest absolute Gasteiger partial charge is 0.176 e. The fraction of sp³-hybridized carbons (Fsp3) is 0.214. The molecule has 0 aliphatic rings. The Kier molecular flexibility index (Phi) is 6.50. The van der Waals surface area contributed by atoms with Gasteiger partial charge >= 0.3 is 0 Å². The topological polar surface area (TPSA) is 14.1 Å². The van der Waals surface area contributed by atoms with Crippen LogP contribution in [-0.2, 0) is 6.42 Å². The first-order valence-electron chi connectivity index (χ1n) is 5.36. The number of hydrogen-bond donors (Lipinski definition) is 0. The summed E-state index contributed by atoms with van der Waals surface area (Å²) in [5, 5.41) is 1.05. The van der Waals surface area contributed by atoms with Gasteiger partial charge in [-0.25, -0.2) is 4.98 Å². The average Bonchev–Trinajstić information content (AvgIpc) is 2.33. The van der Waals surface area contributed by atoms with Gasteiger partial charge in [-0.15, -0.1) is 0 Å². The Morgan fingerprint density at radius 2 is 1.69 bits per heavy atom. The highest BCUT2D eigenvalue weighted by molar-refractivity contribution is 9.09. The number of hydrogen-bond acceptors (Lipinski definition) is 0. The van der Waals surface area contributed by atoms with E-state index in [0.717, 1.165) is 11.8 Å². The summed E-state index contributed by atoms with van der Waals surface area (Å²) in [6.45, 7) is 2.03. The second kappa shape index (κ2) is 8.05. The number of nitrogens with one attached hydrogen (secondary N) is 1. The second-order valence-electron chi connectivity index (χ2n) is 3.47. The van der Waals surface area contributed by atoms with Crippen molar-refractivity contribution in [3.05, 3.63) is 66.0 Å². The van der Waals surface area contributed by atoms with Gasteiger partial charge in [-0.2, -0.15) is 0 Å². The van der Waals surface area contributed by atoms with Gasteiger partial charge in [-0.1, -0.05) is 52.3 Å². The number of benzene rings is 1. The Bertz CT molecular complexity index is 372. The van der Waals surface area contributed by atoms with E-state index in [2.05, 4.69) is 45.2 Å². The van der Waals surface area contributed by atoms with Crippen LogP contribution in [0.25, 0.3) is 0 Å². The van der Waals surface area contributed by atoms with E-state index < -0.39 is 0 Å². The predicted molar refractivity (Wildman–Crippen MR) is 71.7 cm³/mol. The standard InChI is InChI=1S/C8H9Br.C6H7N/c9-7-6-8-4-2-1-3-5-8;1-6-4-2-3-5-7-6/h1-5H,6-7H2;2-5H,1H3/p+1. The maximum atomic E-state index is 3.39. The maximum absolute atomic E-state index is 3.39. The van der Waals surface area contributed by atoms with Gasteiger partial charge in [-0.05, 0) is 12.0 Å². The lowest BCUT2D eigenvalue weighted by atomic mass is 10.2. The largest absolute Gasteiger partial charge is 0.215 e. The summed E-state index contributed by atoms with van der Waals surface area (Å²) in [4.78, 5) is 3.03. The summed E-state index contributed by atoms with van der Waals surface area (Å²) in [5.74, 6) is 0. The van der Waals surface area contributed by atoms with Crippen LogP contribution < -0.4 is 4.98 Å². The molecule has 1 aromatic carbocycles. The zero-order valence-electron chi connectivity index (χ0n) is 9.49. The third-order valence-electron chi connectivity index (χ3n) is 2.09. The second-order valence-corrected chi connectivity index (χ2v) is 4.26. The maximum Gasteiger partial charge on any atom is 0.176 e. The molecule has 0 unspecified atom stereocenters. The van der Waals surface area contributed by atoms with Gasteiger partial charge in [0.1, 0.15) is 0 Å². The van der Waals surface area contributed by atoms with Crippen molar-refractivity contribution >= 4 is 15.9 Å². The molecule has 2 aromatic rings. The van der Waals surface area contributed by atoms with E-state index in [1.165, 1.54) is 11.3 Å². The SMILES string of the molecule is BrCCc1ccccc1.Cc1cccc[nH+]1. The first kappa shape index (κ1) is 12.9. The van der Waals surface area contributed by atoms with E-state index >= 15 is 0 Å². The van der Waals surface area contributed by atoms with Crippen molar-refractivity contribution in [3.8, 4) is 0 Å². The van der Waals surface area contributed by atoms with Crippen LogP contribution in [0.3, 0.4) is 0 Å². The lowest BCUT2D eigenvalue weighted by Gasteiger charge is -1.92. The summed E-state index contributed by atoms with van der Waals surface area (Å²) < 4.78 is 0. The molecule has 2 heteroatoms. The summed E-state index contributed by atoms with van der Waals surface area (Å²) >= 11 is 3.39. The molecule has 1 nitrogen and oxygen atoms in total. The van der Waals surface area contributed by atoms with E-state index in [-0.39, 0.29) is 0 Å². The molecular formula is C14H17BrN+. The van der Waals surface area contributed by atoms with Crippen LogP contribution in [0.4, 0.5) is 0 Å². The number of halogens is 1. The van der Waals surface area contributed by atoms with Crippen molar-refractivity contribution in [2.75, 3.05) is 5.33 Å². The van der Waals surface area contributed by atoms with Crippen molar-refractivity contribution < 1.29 is 4.98 Å². The highest BCUT2D eigenvalue weighted by atomic mass is 79.9. The monoisotopic (exact) mass is 278 g/mol. The third-order valence-corrected chi connectivity index (χ3v) is 2.49. The van der Waals surface area contributed by atoms with E-state index in [1.807, 2.05) is 37.4 Å². The number of alkyl halides is 1. The molecule has 0 radical (unpaired) electrons. The number of aryl methyl sites for hydroxylation is 2. The minimum Gasteiger partial charge on any atom is -0.215 e. The molecule has 0 aliphatic carbocycles. The van der Waals surface area contributed by atoms with Crippen LogP contribution in [0.15, 0.2) is 54.7 Å². The molecule has 1 heterocycles. The van der Waals surface area contributed by atoms with Gasteiger partial charge in [0.05, 0.1) is 0 Å². The first-order valence-corrected chi connectivity index (χ1v) is 6.48. The number of aromatic amines is 1. The lowest BCUT2D eigenvalue weighted by Crippen LogP contribution is -2.02. The minimum absolute atomic E-state index is 1.05. The molecule has 0 atom stereocenters. The molecule has 0 bridgehead atoms. The molecule has 1 N–H and O–H groups in total. The van der Waals surface area contributed by atoms with Crippen LogP contribution in [0.1, 0.15) is 11.3 Å².